The third-order valence-corrected chi connectivity index (χ3v) is 3.25. The van der Waals surface area contributed by atoms with Crippen molar-refractivity contribution in [2.45, 2.75) is 19.8 Å². The van der Waals surface area contributed by atoms with Crippen LogP contribution in [0.25, 0.3) is 0 Å². The SMILES string of the molecule is CCNC(=NCCOCCOC)N(C)CCOCC1CC1. The van der Waals surface area contributed by atoms with Crippen molar-refractivity contribution in [3.8, 4) is 0 Å². The second kappa shape index (κ2) is 11.8. The summed E-state index contributed by atoms with van der Waals surface area (Å²) in [5, 5.41) is 3.29. The third-order valence-electron chi connectivity index (χ3n) is 3.25. The van der Waals surface area contributed by atoms with Crippen LogP contribution in [-0.4, -0.2) is 77.7 Å². The molecule has 1 rings (SSSR count). The van der Waals surface area contributed by atoms with Gasteiger partial charge in [0.05, 0.1) is 33.0 Å². The Morgan fingerprint density at radius 3 is 2.67 bits per heavy atom. The van der Waals surface area contributed by atoms with E-state index < -0.39 is 0 Å². The van der Waals surface area contributed by atoms with Gasteiger partial charge in [-0.05, 0) is 25.7 Å². The van der Waals surface area contributed by atoms with Crippen LogP contribution in [0.5, 0.6) is 0 Å². The average Bonchev–Trinajstić information content (AvgIpc) is 3.30. The quantitative estimate of drug-likeness (QED) is 0.331. The van der Waals surface area contributed by atoms with E-state index in [4.69, 9.17) is 14.2 Å². The molecule has 0 radical (unpaired) electrons. The van der Waals surface area contributed by atoms with Crippen LogP contribution in [-0.2, 0) is 14.2 Å². The van der Waals surface area contributed by atoms with Gasteiger partial charge in [0.15, 0.2) is 5.96 Å². The van der Waals surface area contributed by atoms with Gasteiger partial charge in [-0.15, -0.1) is 0 Å². The first-order valence-electron chi connectivity index (χ1n) is 7.91. The summed E-state index contributed by atoms with van der Waals surface area (Å²) in [6.45, 7) is 7.96. The van der Waals surface area contributed by atoms with E-state index in [1.165, 1.54) is 12.8 Å². The molecule has 0 bridgehead atoms. The van der Waals surface area contributed by atoms with Crippen molar-refractivity contribution in [3.63, 3.8) is 0 Å². The minimum absolute atomic E-state index is 0.615. The first kappa shape index (κ1) is 18.2. The fourth-order valence-corrected chi connectivity index (χ4v) is 1.77. The summed E-state index contributed by atoms with van der Waals surface area (Å²) >= 11 is 0. The zero-order chi connectivity index (χ0) is 15.3. The molecule has 1 saturated carbocycles. The van der Waals surface area contributed by atoms with Crippen molar-refractivity contribution in [3.05, 3.63) is 0 Å². The minimum atomic E-state index is 0.615. The first-order chi connectivity index (χ1) is 10.3. The fourth-order valence-electron chi connectivity index (χ4n) is 1.77. The van der Waals surface area contributed by atoms with E-state index in [0.717, 1.165) is 38.2 Å². The predicted octanol–water partition coefficient (Wildman–Crippen LogP) is 0.973. The molecule has 1 aliphatic rings. The molecular formula is C15H31N3O3. The Morgan fingerprint density at radius 1 is 1.19 bits per heavy atom. The number of hydrogen-bond acceptors (Lipinski definition) is 4. The highest BCUT2D eigenvalue weighted by atomic mass is 16.5. The maximum atomic E-state index is 5.66. The number of likely N-dealkylation sites (N-methyl/N-ethyl adjacent to an activating group) is 1. The fraction of sp³-hybridized carbons (Fsp3) is 0.933. The zero-order valence-electron chi connectivity index (χ0n) is 13.8. The summed E-state index contributed by atoms with van der Waals surface area (Å²) in [6.07, 6.45) is 2.67. The molecule has 124 valence electrons. The summed E-state index contributed by atoms with van der Waals surface area (Å²) in [6, 6.07) is 0. The maximum Gasteiger partial charge on any atom is 0.193 e. The van der Waals surface area contributed by atoms with Crippen LogP contribution in [0.3, 0.4) is 0 Å². The highest BCUT2D eigenvalue weighted by Gasteiger charge is 2.21. The molecule has 0 aromatic heterocycles. The maximum absolute atomic E-state index is 5.66. The summed E-state index contributed by atoms with van der Waals surface area (Å²) < 4.78 is 16.0. The molecule has 0 amide bonds. The number of rotatable bonds is 12. The zero-order valence-corrected chi connectivity index (χ0v) is 13.8. The van der Waals surface area contributed by atoms with E-state index in [2.05, 4.69) is 22.1 Å². The lowest BCUT2D eigenvalue weighted by molar-refractivity contribution is 0.0747. The van der Waals surface area contributed by atoms with Crippen molar-refractivity contribution in [1.82, 2.24) is 10.2 Å². The number of hydrogen-bond donors (Lipinski definition) is 1. The Morgan fingerprint density at radius 2 is 2.00 bits per heavy atom. The molecule has 1 aliphatic carbocycles. The van der Waals surface area contributed by atoms with Gasteiger partial charge in [0.25, 0.3) is 0 Å². The Labute approximate surface area is 128 Å². The van der Waals surface area contributed by atoms with E-state index >= 15 is 0 Å². The molecule has 0 aromatic rings. The van der Waals surface area contributed by atoms with Gasteiger partial charge in [0.2, 0.25) is 0 Å². The first-order valence-corrected chi connectivity index (χ1v) is 7.91. The molecule has 1 N–H and O–H groups in total. The summed E-state index contributed by atoms with van der Waals surface area (Å²) in [5.74, 6) is 1.73. The molecular weight excluding hydrogens is 270 g/mol. The van der Waals surface area contributed by atoms with Crippen LogP contribution in [0.4, 0.5) is 0 Å². The van der Waals surface area contributed by atoms with E-state index in [9.17, 15) is 0 Å². The summed E-state index contributed by atoms with van der Waals surface area (Å²) in [4.78, 5) is 6.65. The van der Waals surface area contributed by atoms with Gasteiger partial charge in [-0.25, -0.2) is 0 Å². The van der Waals surface area contributed by atoms with E-state index in [1.807, 2.05) is 7.05 Å². The van der Waals surface area contributed by atoms with E-state index in [-0.39, 0.29) is 0 Å². The molecule has 6 heteroatoms. The van der Waals surface area contributed by atoms with Crippen LogP contribution in [0, 0.1) is 5.92 Å². The standard InChI is InChI=1S/C15H31N3O3/c1-4-16-15(17-7-9-20-12-11-19-3)18(2)8-10-21-13-14-5-6-14/h14H,4-13H2,1-3H3,(H,16,17). The monoisotopic (exact) mass is 301 g/mol. The number of ether oxygens (including phenoxy) is 3. The van der Waals surface area contributed by atoms with Crippen molar-refractivity contribution >= 4 is 5.96 Å². The number of aliphatic imine (C=N–C) groups is 1. The van der Waals surface area contributed by atoms with Crippen molar-refractivity contribution in [1.29, 1.82) is 0 Å². The molecule has 1 fully saturated rings. The number of nitrogens with zero attached hydrogens (tertiary/aromatic N) is 2. The topological polar surface area (TPSA) is 55.3 Å². The number of methoxy groups -OCH3 is 1. The smallest absolute Gasteiger partial charge is 0.193 e. The summed E-state index contributed by atoms with van der Waals surface area (Å²) in [7, 11) is 3.71. The Kier molecular flexibility index (Phi) is 10.2. The van der Waals surface area contributed by atoms with Gasteiger partial charge in [-0.2, -0.15) is 0 Å². The molecule has 21 heavy (non-hydrogen) atoms. The lowest BCUT2D eigenvalue weighted by Crippen LogP contribution is -2.40. The second-order valence-electron chi connectivity index (χ2n) is 5.28. The lowest BCUT2D eigenvalue weighted by Gasteiger charge is -2.22. The molecule has 0 unspecified atom stereocenters. The molecule has 0 spiro atoms. The van der Waals surface area contributed by atoms with Gasteiger partial charge in [-0.3, -0.25) is 4.99 Å². The van der Waals surface area contributed by atoms with Gasteiger partial charge in [0.1, 0.15) is 0 Å². The van der Waals surface area contributed by atoms with E-state index in [1.54, 1.807) is 7.11 Å². The van der Waals surface area contributed by atoms with Crippen molar-refractivity contribution < 1.29 is 14.2 Å². The highest BCUT2D eigenvalue weighted by Crippen LogP contribution is 2.28. The van der Waals surface area contributed by atoms with Gasteiger partial charge < -0.3 is 24.4 Å². The Hall–Kier alpha value is -0.850. The second-order valence-corrected chi connectivity index (χ2v) is 5.28. The number of nitrogens with one attached hydrogen (secondary N) is 1. The van der Waals surface area contributed by atoms with Crippen LogP contribution < -0.4 is 5.32 Å². The Balaban J connectivity index is 2.14. The van der Waals surface area contributed by atoms with Gasteiger partial charge in [-0.1, -0.05) is 0 Å². The van der Waals surface area contributed by atoms with Crippen LogP contribution in [0.15, 0.2) is 4.99 Å². The molecule has 0 aromatic carbocycles. The molecule has 0 heterocycles. The van der Waals surface area contributed by atoms with Crippen LogP contribution >= 0.6 is 0 Å². The lowest BCUT2D eigenvalue weighted by atomic mass is 10.5. The molecule has 6 nitrogen and oxygen atoms in total. The van der Waals surface area contributed by atoms with Crippen LogP contribution in [0.1, 0.15) is 19.8 Å². The summed E-state index contributed by atoms with van der Waals surface area (Å²) in [5.41, 5.74) is 0. The van der Waals surface area contributed by atoms with Gasteiger partial charge in [0, 0.05) is 33.9 Å². The highest BCUT2D eigenvalue weighted by molar-refractivity contribution is 5.79. The Bertz CT molecular complexity index is 283. The van der Waals surface area contributed by atoms with Crippen molar-refractivity contribution in [2.75, 3.05) is 66.8 Å². The molecule has 0 saturated heterocycles. The molecule has 0 aliphatic heterocycles. The van der Waals surface area contributed by atoms with Crippen molar-refractivity contribution in [2.24, 2.45) is 10.9 Å². The normalized spacial score (nSPS) is 15.3. The van der Waals surface area contributed by atoms with Gasteiger partial charge >= 0.3 is 0 Å². The van der Waals surface area contributed by atoms with Crippen LogP contribution in [0.2, 0.25) is 0 Å². The third kappa shape index (κ3) is 9.66. The predicted molar refractivity (Wildman–Crippen MR) is 84.8 cm³/mol. The number of guanidine groups is 1. The minimum Gasteiger partial charge on any atom is -0.382 e. The average molecular weight is 301 g/mol. The molecule has 0 atom stereocenters. The largest absolute Gasteiger partial charge is 0.382 e. The van der Waals surface area contributed by atoms with E-state index in [0.29, 0.717) is 26.4 Å².